The molecule has 0 aliphatic rings. The molecule has 0 N–H and O–H groups in total. The highest BCUT2D eigenvalue weighted by Gasteiger charge is 1.98. The number of nitroso groups, excluding NO2 is 1. The zero-order chi connectivity index (χ0) is 12.4. The van der Waals surface area contributed by atoms with Crippen LogP contribution in [0.3, 0.4) is 0 Å². The highest BCUT2D eigenvalue weighted by Crippen LogP contribution is 2.11. The molecule has 0 radical (unpaired) electrons. The van der Waals surface area contributed by atoms with Gasteiger partial charge in [0.05, 0.1) is 0 Å². The smallest absolute Gasteiger partial charge is 0.106 e. The van der Waals surface area contributed by atoms with Gasteiger partial charge < -0.3 is 0 Å². The second-order valence-corrected chi connectivity index (χ2v) is 4.04. The van der Waals surface area contributed by atoms with Crippen LogP contribution in [-0.4, -0.2) is 0 Å². The normalized spacial score (nSPS) is 9.56. The molecular formula is C14H23NO. The average molecular weight is 221 g/mol. The molecule has 16 heavy (non-hydrogen) atoms. The fraction of sp³-hybridized carbons (Fsp3) is 0.571. The van der Waals surface area contributed by atoms with Crippen molar-refractivity contribution in [2.75, 3.05) is 0 Å². The minimum absolute atomic E-state index is 0.287. The molecule has 0 aliphatic heterocycles. The Labute approximate surface area is 99.1 Å². The van der Waals surface area contributed by atoms with Crippen molar-refractivity contribution in [2.45, 2.75) is 47.1 Å². The molecule has 0 amide bonds. The van der Waals surface area contributed by atoms with Crippen molar-refractivity contribution in [1.82, 2.24) is 0 Å². The Hall–Kier alpha value is -1.18. The average Bonchev–Trinajstić information content (AvgIpc) is 2.30. The van der Waals surface area contributed by atoms with E-state index in [9.17, 15) is 4.91 Å². The first-order chi connectivity index (χ1) is 7.72. The highest BCUT2D eigenvalue weighted by atomic mass is 16.3. The van der Waals surface area contributed by atoms with Gasteiger partial charge in [-0.05, 0) is 29.9 Å². The SMILES string of the molecule is CC.CC(C)CCc1cccc(CN=O)c1. The fourth-order valence-corrected chi connectivity index (χ4v) is 1.41. The van der Waals surface area contributed by atoms with Crippen molar-refractivity contribution in [1.29, 1.82) is 0 Å². The van der Waals surface area contributed by atoms with Crippen LogP contribution in [0.5, 0.6) is 0 Å². The zero-order valence-electron chi connectivity index (χ0n) is 10.9. The van der Waals surface area contributed by atoms with Gasteiger partial charge in [0.2, 0.25) is 0 Å². The van der Waals surface area contributed by atoms with Crippen molar-refractivity contribution in [2.24, 2.45) is 11.1 Å². The molecule has 0 saturated heterocycles. The predicted octanol–water partition coefficient (Wildman–Crippen LogP) is 4.57. The summed E-state index contributed by atoms with van der Waals surface area (Å²) in [5, 5.41) is 2.89. The molecular weight excluding hydrogens is 198 g/mol. The molecule has 1 aromatic carbocycles. The van der Waals surface area contributed by atoms with E-state index in [1.54, 1.807) is 0 Å². The van der Waals surface area contributed by atoms with Crippen LogP contribution in [0.25, 0.3) is 0 Å². The van der Waals surface area contributed by atoms with Crippen LogP contribution in [0.2, 0.25) is 0 Å². The van der Waals surface area contributed by atoms with Crippen LogP contribution in [0.15, 0.2) is 29.4 Å². The van der Waals surface area contributed by atoms with Gasteiger partial charge in [-0.15, -0.1) is 0 Å². The first kappa shape index (κ1) is 14.8. The number of hydrogen-bond acceptors (Lipinski definition) is 2. The van der Waals surface area contributed by atoms with Gasteiger partial charge in [0.25, 0.3) is 0 Å². The maximum atomic E-state index is 10.1. The maximum absolute atomic E-state index is 10.1. The Bertz CT molecular complexity index is 295. The lowest BCUT2D eigenvalue weighted by Crippen LogP contribution is -1.93. The summed E-state index contributed by atoms with van der Waals surface area (Å²) < 4.78 is 0. The summed E-state index contributed by atoms with van der Waals surface area (Å²) in [7, 11) is 0. The largest absolute Gasteiger partial charge is 0.150 e. The Morgan fingerprint density at radius 1 is 1.19 bits per heavy atom. The third-order valence-electron chi connectivity index (χ3n) is 2.25. The van der Waals surface area contributed by atoms with Crippen LogP contribution in [0.4, 0.5) is 0 Å². The van der Waals surface area contributed by atoms with E-state index in [1.165, 1.54) is 12.0 Å². The van der Waals surface area contributed by atoms with E-state index in [0.717, 1.165) is 17.9 Å². The summed E-state index contributed by atoms with van der Waals surface area (Å²) in [4.78, 5) is 10.1. The minimum atomic E-state index is 0.287. The van der Waals surface area contributed by atoms with E-state index < -0.39 is 0 Å². The lowest BCUT2D eigenvalue weighted by molar-refractivity contribution is 0.586. The molecule has 0 aliphatic carbocycles. The molecule has 2 nitrogen and oxygen atoms in total. The molecule has 0 spiro atoms. The van der Waals surface area contributed by atoms with Crippen molar-refractivity contribution in [3.05, 3.63) is 40.3 Å². The molecule has 0 unspecified atom stereocenters. The van der Waals surface area contributed by atoms with Crippen molar-refractivity contribution >= 4 is 0 Å². The van der Waals surface area contributed by atoms with E-state index in [-0.39, 0.29) is 6.54 Å². The monoisotopic (exact) mass is 221 g/mol. The van der Waals surface area contributed by atoms with Crippen LogP contribution in [-0.2, 0) is 13.0 Å². The van der Waals surface area contributed by atoms with Crippen molar-refractivity contribution < 1.29 is 0 Å². The van der Waals surface area contributed by atoms with Gasteiger partial charge in [0.1, 0.15) is 6.54 Å². The zero-order valence-corrected chi connectivity index (χ0v) is 10.9. The van der Waals surface area contributed by atoms with E-state index in [0.29, 0.717) is 0 Å². The Kier molecular flexibility index (Phi) is 8.41. The van der Waals surface area contributed by atoms with E-state index in [1.807, 2.05) is 26.0 Å². The molecule has 0 atom stereocenters. The summed E-state index contributed by atoms with van der Waals surface area (Å²) in [6.07, 6.45) is 2.28. The van der Waals surface area contributed by atoms with Gasteiger partial charge in [-0.2, -0.15) is 4.91 Å². The number of hydrogen-bond donors (Lipinski definition) is 0. The summed E-state index contributed by atoms with van der Waals surface area (Å²) in [5.74, 6) is 0.725. The second-order valence-electron chi connectivity index (χ2n) is 4.04. The van der Waals surface area contributed by atoms with Gasteiger partial charge in [0, 0.05) is 0 Å². The third-order valence-corrected chi connectivity index (χ3v) is 2.25. The molecule has 0 fully saturated rings. The summed E-state index contributed by atoms with van der Waals surface area (Å²) in [6, 6.07) is 8.12. The van der Waals surface area contributed by atoms with Crippen LogP contribution in [0, 0.1) is 10.8 Å². The molecule has 0 heterocycles. The first-order valence-corrected chi connectivity index (χ1v) is 6.09. The summed E-state index contributed by atoms with van der Waals surface area (Å²) >= 11 is 0. The minimum Gasteiger partial charge on any atom is -0.150 e. The van der Waals surface area contributed by atoms with Gasteiger partial charge >= 0.3 is 0 Å². The lowest BCUT2D eigenvalue weighted by Gasteiger charge is -2.05. The number of rotatable bonds is 5. The van der Waals surface area contributed by atoms with Gasteiger partial charge in [-0.1, -0.05) is 57.1 Å². The molecule has 1 aromatic rings. The Morgan fingerprint density at radius 3 is 2.38 bits per heavy atom. The molecule has 90 valence electrons. The molecule has 0 bridgehead atoms. The number of aryl methyl sites for hydroxylation is 1. The maximum Gasteiger partial charge on any atom is 0.106 e. The molecule has 0 saturated carbocycles. The van der Waals surface area contributed by atoms with Gasteiger partial charge in [-0.3, -0.25) is 0 Å². The molecule has 2 heteroatoms. The third kappa shape index (κ3) is 6.33. The van der Waals surface area contributed by atoms with Crippen LogP contribution < -0.4 is 0 Å². The van der Waals surface area contributed by atoms with Crippen molar-refractivity contribution in [3.63, 3.8) is 0 Å². The topological polar surface area (TPSA) is 29.4 Å². The quantitative estimate of drug-likeness (QED) is 0.670. The molecule has 0 aromatic heterocycles. The Balaban J connectivity index is 0.00000106. The summed E-state index contributed by atoms with van der Waals surface area (Å²) in [6.45, 7) is 8.73. The van der Waals surface area contributed by atoms with E-state index in [4.69, 9.17) is 0 Å². The molecule has 1 rings (SSSR count). The van der Waals surface area contributed by atoms with Gasteiger partial charge in [0.15, 0.2) is 0 Å². The predicted molar refractivity (Wildman–Crippen MR) is 70.4 cm³/mol. The van der Waals surface area contributed by atoms with E-state index in [2.05, 4.69) is 31.2 Å². The highest BCUT2D eigenvalue weighted by molar-refractivity contribution is 5.23. The van der Waals surface area contributed by atoms with Crippen LogP contribution in [0.1, 0.15) is 45.2 Å². The van der Waals surface area contributed by atoms with Crippen molar-refractivity contribution in [3.8, 4) is 0 Å². The standard InChI is InChI=1S/C12H17NO.C2H6/c1-10(2)6-7-11-4-3-5-12(8-11)9-13-14;1-2/h3-5,8,10H,6-7,9H2,1-2H3;1-2H3. The number of benzene rings is 1. The fourth-order valence-electron chi connectivity index (χ4n) is 1.41. The van der Waals surface area contributed by atoms with Gasteiger partial charge in [-0.25, -0.2) is 0 Å². The first-order valence-electron chi connectivity index (χ1n) is 6.09. The number of nitrogens with zero attached hydrogens (tertiary/aromatic N) is 1. The second kappa shape index (κ2) is 9.08. The van der Waals surface area contributed by atoms with Crippen LogP contribution >= 0.6 is 0 Å². The lowest BCUT2D eigenvalue weighted by atomic mass is 10.0. The Morgan fingerprint density at radius 2 is 1.81 bits per heavy atom. The van der Waals surface area contributed by atoms with E-state index >= 15 is 0 Å². The summed E-state index contributed by atoms with van der Waals surface area (Å²) in [5.41, 5.74) is 2.32.